The van der Waals surface area contributed by atoms with E-state index in [9.17, 15) is 22.8 Å². The van der Waals surface area contributed by atoms with Gasteiger partial charge in [-0.25, -0.2) is 4.39 Å². The maximum Gasteiger partial charge on any atom is 0.387 e. The van der Waals surface area contributed by atoms with Crippen molar-refractivity contribution < 1.29 is 27.5 Å². The SMILES string of the molecule is Cc1ccc(N2CC(C(=O)Nc3ccc(OC(F)F)c(Cl)c3)CC2=O)cc1F. The number of benzene rings is 2. The van der Waals surface area contributed by atoms with Gasteiger partial charge in [-0.15, -0.1) is 0 Å². The second-order valence-electron chi connectivity index (χ2n) is 6.35. The zero-order valence-electron chi connectivity index (χ0n) is 14.7. The number of anilines is 2. The van der Waals surface area contributed by atoms with Gasteiger partial charge in [0.05, 0.1) is 10.9 Å². The average molecular weight is 413 g/mol. The molecule has 0 spiro atoms. The summed E-state index contributed by atoms with van der Waals surface area (Å²) in [5.41, 5.74) is 1.13. The lowest BCUT2D eigenvalue weighted by atomic mass is 10.1. The van der Waals surface area contributed by atoms with E-state index >= 15 is 0 Å². The molecule has 0 bridgehead atoms. The summed E-state index contributed by atoms with van der Waals surface area (Å²) in [5.74, 6) is -2.01. The van der Waals surface area contributed by atoms with Gasteiger partial charge >= 0.3 is 6.61 Å². The zero-order valence-corrected chi connectivity index (χ0v) is 15.5. The van der Waals surface area contributed by atoms with Crippen LogP contribution in [0.4, 0.5) is 24.5 Å². The van der Waals surface area contributed by atoms with E-state index in [4.69, 9.17) is 11.6 Å². The molecule has 5 nitrogen and oxygen atoms in total. The van der Waals surface area contributed by atoms with Crippen LogP contribution in [-0.4, -0.2) is 25.0 Å². The number of carbonyl (C=O) groups excluding carboxylic acids is 2. The van der Waals surface area contributed by atoms with Crippen molar-refractivity contribution in [3.63, 3.8) is 0 Å². The van der Waals surface area contributed by atoms with E-state index in [0.717, 1.165) is 0 Å². The van der Waals surface area contributed by atoms with Crippen LogP contribution in [0.2, 0.25) is 5.02 Å². The summed E-state index contributed by atoms with van der Waals surface area (Å²) in [6.45, 7) is -1.29. The van der Waals surface area contributed by atoms with Crippen LogP contribution in [-0.2, 0) is 9.59 Å². The summed E-state index contributed by atoms with van der Waals surface area (Å²) in [4.78, 5) is 26.1. The first-order chi connectivity index (χ1) is 13.2. The Kier molecular flexibility index (Phi) is 5.79. The van der Waals surface area contributed by atoms with Gasteiger partial charge in [0.15, 0.2) is 0 Å². The summed E-state index contributed by atoms with van der Waals surface area (Å²) < 4.78 is 42.5. The van der Waals surface area contributed by atoms with Crippen LogP contribution >= 0.6 is 11.6 Å². The van der Waals surface area contributed by atoms with E-state index < -0.39 is 24.3 Å². The molecule has 0 aliphatic carbocycles. The maximum absolute atomic E-state index is 13.8. The van der Waals surface area contributed by atoms with Crippen LogP contribution < -0.4 is 15.0 Å². The Hall–Kier alpha value is -2.74. The number of amides is 2. The minimum absolute atomic E-state index is 0.0262. The standard InChI is InChI=1S/C19H16ClF3N2O3/c1-10-2-4-13(8-15(10)21)25-9-11(6-17(25)26)18(27)24-12-3-5-16(14(20)7-12)28-19(22)23/h2-5,7-8,11,19H,6,9H2,1H3,(H,24,27). The molecule has 0 radical (unpaired) electrons. The molecule has 2 aromatic carbocycles. The minimum atomic E-state index is -3.01. The van der Waals surface area contributed by atoms with Crippen LogP contribution in [0.25, 0.3) is 0 Å². The third-order valence-corrected chi connectivity index (χ3v) is 4.67. The van der Waals surface area contributed by atoms with Crippen molar-refractivity contribution in [2.45, 2.75) is 20.0 Å². The quantitative estimate of drug-likeness (QED) is 0.792. The Balaban J connectivity index is 1.67. The summed E-state index contributed by atoms with van der Waals surface area (Å²) in [6.07, 6.45) is -0.0262. The Morgan fingerprint density at radius 2 is 2.04 bits per heavy atom. The molecule has 1 aliphatic heterocycles. The lowest BCUT2D eigenvalue weighted by molar-refractivity contribution is -0.122. The number of rotatable bonds is 5. The molecule has 3 rings (SSSR count). The van der Waals surface area contributed by atoms with Gasteiger partial charge < -0.3 is 15.0 Å². The molecule has 1 unspecified atom stereocenters. The first-order valence-corrected chi connectivity index (χ1v) is 8.74. The number of aryl methyl sites for hydroxylation is 1. The molecule has 1 fully saturated rings. The third kappa shape index (κ3) is 4.39. The highest BCUT2D eigenvalue weighted by molar-refractivity contribution is 6.32. The lowest BCUT2D eigenvalue weighted by Gasteiger charge is -2.17. The number of hydrogen-bond acceptors (Lipinski definition) is 3. The lowest BCUT2D eigenvalue weighted by Crippen LogP contribution is -2.28. The van der Waals surface area contributed by atoms with Crippen molar-refractivity contribution in [1.29, 1.82) is 0 Å². The molecular weight excluding hydrogens is 397 g/mol. The van der Waals surface area contributed by atoms with Crippen molar-refractivity contribution in [2.24, 2.45) is 5.92 Å². The summed E-state index contributed by atoms with van der Waals surface area (Å²) in [5, 5.41) is 2.51. The minimum Gasteiger partial charge on any atom is -0.433 e. The molecule has 2 aromatic rings. The van der Waals surface area contributed by atoms with E-state index in [1.807, 2.05) is 0 Å². The molecular formula is C19H16ClF3N2O3. The fourth-order valence-corrected chi connectivity index (χ4v) is 3.12. The van der Waals surface area contributed by atoms with Crippen molar-refractivity contribution in [1.82, 2.24) is 0 Å². The normalized spacial score (nSPS) is 16.6. The smallest absolute Gasteiger partial charge is 0.387 e. The Labute approximate surface area is 164 Å². The molecule has 148 valence electrons. The van der Waals surface area contributed by atoms with E-state index in [1.54, 1.807) is 19.1 Å². The third-order valence-electron chi connectivity index (χ3n) is 4.38. The number of ether oxygens (including phenoxy) is 1. The van der Waals surface area contributed by atoms with E-state index in [-0.39, 0.29) is 35.3 Å². The van der Waals surface area contributed by atoms with Crippen LogP contribution in [0, 0.1) is 18.7 Å². The molecule has 9 heteroatoms. The molecule has 0 aromatic heterocycles. The topological polar surface area (TPSA) is 58.6 Å². The van der Waals surface area contributed by atoms with Gasteiger partial charge in [0.2, 0.25) is 11.8 Å². The van der Waals surface area contributed by atoms with Gasteiger partial charge in [-0.3, -0.25) is 9.59 Å². The van der Waals surface area contributed by atoms with Gasteiger partial charge in [0.1, 0.15) is 11.6 Å². The summed E-state index contributed by atoms with van der Waals surface area (Å²) in [7, 11) is 0. The van der Waals surface area contributed by atoms with Crippen molar-refractivity contribution >= 4 is 34.8 Å². The first-order valence-electron chi connectivity index (χ1n) is 8.36. The van der Waals surface area contributed by atoms with Crippen LogP contribution in [0.15, 0.2) is 36.4 Å². The molecule has 28 heavy (non-hydrogen) atoms. The van der Waals surface area contributed by atoms with Gasteiger partial charge in [-0.05, 0) is 42.8 Å². The number of nitrogens with zero attached hydrogens (tertiary/aromatic N) is 1. The molecule has 1 N–H and O–H groups in total. The van der Waals surface area contributed by atoms with Crippen LogP contribution in [0.1, 0.15) is 12.0 Å². The second kappa shape index (κ2) is 8.10. The van der Waals surface area contributed by atoms with Crippen LogP contribution in [0.3, 0.4) is 0 Å². The van der Waals surface area contributed by atoms with Gasteiger partial charge in [0, 0.05) is 24.3 Å². The summed E-state index contributed by atoms with van der Waals surface area (Å²) >= 11 is 5.86. The molecule has 1 heterocycles. The van der Waals surface area contributed by atoms with Crippen LogP contribution in [0.5, 0.6) is 5.75 Å². The molecule has 2 amide bonds. The second-order valence-corrected chi connectivity index (χ2v) is 6.76. The zero-order chi connectivity index (χ0) is 20.4. The number of halogens is 4. The Morgan fingerprint density at radius 3 is 2.68 bits per heavy atom. The number of nitrogens with one attached hydrogen (secondary N) is 1. The van der Waals surface area contributed by atoms with Crippen molar-refractivity contribution in [3.05, 3.63) is 52.8 Å². The van der Waals surface area contributed by atoms with Crippen molar-refractivity contribution in [3.8, 4) is 5.75 Å². The Bertz CT molecular complexity index is 923. The Morgan fingerprint density at radius 1 is 1.29 bits per heavy atom. The van der Waals surface area contributed by atoms with E-state index in [1.165, 1.54) is 29.2 Å². The predicted octanol–water partition coefficient (Wildman–Crippen LogP) is 4.38. The molecule has 1 saturated heterocycles. The summed E-state index contributed by atoms with van der Waals surface area (Å²) in [6, 6.07) is 8.31. The first kappa shape index (κ1) is 20.0. The van der Waals surface area contributed by atoms with E-state index in [0.29, 0.717) is 11.3 Å². The number of hydrogen-bond donors (Lipinski definition) is 1. The van der Waals surface area contributed by atoms with Gasteiger partial charge in [-0.1, -0.05) is 17.7 Å². The largest absolute Gasteiger partial charge is 0.433 e. The number of alkyl halides is 2. The predicted molar refractivity (Wildman–Crippen MR) is 98.3 cm³/mol. The average Bonchev–Trinajstić information content (AvgIpc) is 3.01. The van der Waals surface area contributed by atoms with Crippen molar-refractivity contribution in [2.75, 3.05) is 16.8 Å². The highest BCUT2D eigenvalue weighted by Crippen LogP contribution is 2.30. The molecule has 1 atom stereocenters. The molecule has 1 aliphatic rings. The van der Waals surface area contributed by atoms with Gasteiger partial charge in [0.25, 0.3) is 0 Å². The number of carbonyl (C=O) groups is 2. The van der Waals surface area contributed by atoms with E-state index in [2.05, 4.69) is 10.1 Å². The monoisotopic (exact) mass is 412 g/mol. The fraction of sp³-hybridized carbons (Fsp3) is 0.263. The molecule has 0 saturated carbocycles. The highest BCUT2D eigenvalue weighted by Gasteiger charge is 2.35. The maximum atomic E-state index is 13.8. The highest BCUT2D eigenvalue weighted by atomic mass is 35.5. The van der Waals surface area contributed by atoms with Gasteiger partial charge in [-0.2, -0.15) is 8.78 Å². The fourth-order valence-electron chi connectivity index (χ4n) is 2.90.